The molecule has 10 heteroatoms. The Morgan fingerprint density at radius 1 is 0.652 bits per heavy atom. The molecule has 0 aromatic carbocycles. The summed E-state index contributed by atoms with van der Waals surface area (Å²) in [7, 11) is 1.47. The smallest absolute Gasteiger partial charge is 0.462 e. The molecule has 0 fully saturated rings. The average molecular weight is 677 g/mol. The SMILES string of the molecule is CCCCCC/C=C/CCCCCCCC(=O)OC[C@H](COP(=O)(O)OCC[N+](C)(C)C)OC(=O)CCCCCCCCCCC. The van der Waals surface area contributed by atoms with Crippen LogP contribution in [-0.2, 0) is 32.7 Å². The molecule has 0 heterocycles. The van der Waals surface area contributed by atoms with Crippen molar-refractivity contribution in [2.45, 2.75) is 161 Å². The summed E-state index contributed by atoms with van der Waals surface area (Å²) < 4.78 is 34.0. The lowest BCUT2D eigenvalue weighted by molar-refractivity contribution is -0.870. The Hall–Kier alpha value is -1.25. The summed E-state index contributed by atoms with van der Waals surface area (Å²) >= 11 is 0. The number of likely N-dealkylation sites (N-methyl/N-ethyl adjacent to an activating group) is 1. The van der Waals surface area contributed by atoms with Crippen LogP contribution in [0.25, 0.3) is 0 Å². The minimum atomic E-state index is -4.36. The van der Waals surface area contributed by atoms with E-state index in [4.69, 9.17) is 18.5 Å². The van der Waals surface area contributed by atoms with Crippen molar-refractivity contribution in [2.24, 2.45) is 0 Å². The van der Waals surface area contributed by atoms with E-state index in [9.17, 15) is 19.0 Å². The van der Waals surface area contributed by atoms with Crippen LogP contribution in [-0.4, -0.2) is 74.9 Å². The number of allylic oxidation sites excluding steroid dienone is 2. The van der Waals surface area contributed by atoms with Gasteiger partial charge >= 0.3 is 19.8 Å². The van der Waals surface area contributed by atoms with Gasteiger partial charge in [0.05, 0.1) is 27.7 Å². The summed E-state index contributed by atoms with van der Waals surface area (Å²) in [6, 6.07) is 0. The van der Waals surface area contributed by atoms with Crippen LogP contribution in [0.15, 0.2) is 12.2 Å². The third-order valence-corrected chi connectivity index (χ3v) is 8.78. The molecule has 0 saturated carbocycles. The van der Waals surface area contributed by atoms with Gasteiger partial charge in [-0.2, -0.15) is 0 Å². The predicted octanol–water partition coefficient (Wildman–Crippen LogP) is 9.46. The van der Waals surface area contributed by atoms with E-state index >= 15 is 0 Å². The Balaban J connectivity index is 4.44. The second-order valence-electron chi connectivity index (χ2n) is 13.6. The zero-order chi connectivity index (χ0) is 34.4. The fraction of sp³-hybridized carbons (Fsp3) is 0.889. The van der Waals surface area contributed by atoms with Crippen molar-refractivity contribution in [3.63, 3.8) is 0 Å². The second kappa shape index (κ2) is 29.9. The molecule has 1 unspecified atom stereocenters. The molecule has 0 radical (unpaired) electrons. The van der Waals surface area contributed by atoms with Crippen molar-refractivity contribution >= 4 is 19.8 Å². The Bertz CT molecular complexity index is 814. The third kappa shape index (κ3) is 32.7. The maximum atomic E-state index is 12.5. The van der Waals surface area contributed by atoms with Gasteiger partial charge in [0.15, 0.2) is 6.10 Å². The van der Waals surface area contributed by atoms with Gasteiger partial charge in [-0.1, -0.05) is 116 Å². The van der Waals surface area contributed by atoms with Crippen LogP contribution in [0, 0.1) is 0 Å². The standard InChI is InChI=1S/C36H70NO8P/c1-6-8-10-12-14-16-17-18-19-21-22-24-26-28-35(38)42-32-34(33-44-46(40,41)43-31-30-37(3,4)5)45-36(39)29-27-25-23-20-15-13-11-9-7-2/h16-17,34H,6-15,18-33H2,1-5H3/p+1/b17-16+/t34-/m1/s1. The molecule has 0 aliphatic rings. The Kier molecular flexibility index (Phi) is 29.0. The number of esters is 2. The Morgan fingerprint density at radius 2 is 1.11 bits per heavy atom. The fourth-order valence-corrected chi connectivity index (χ4v) is 5.57. The van der Waals surface area contributed by atoms with Crippen LogP contribution >= 0.6 is 7.82 Å². The van der Waals surface area contributed by atoms with Gasteiger partial charge in [-0.15, -0.1) is 0 Å². The summed E-state index contributed by atoms with van der Waals surface area (Å²) in [6.45, 7) is 4.36. The van der Waals surface area contributed by atoms with Gasteiger partial charge in [-0.25, -0.2) is 4.57 Å². The highest BCUT2D eigenvalue weighted by molar-refractivity contribution is 7.47. The van der Waals surface area contributed by atoms with Gasteiger partial charge in [0, 0.05) is 12.8 Å². The van der Waals surface area contributed by atoms with Crippen LogP contribution in [0.1, 0.15) is 155 Å². The van der Waals surface area contributed by atoms with Gasteiger partial charge in [0.1, 0.15) is 19.8 Å². The maximum Gasteiger partial charge on any atom is 0.472 e. The largest absolute Gasteiger partial charge is 0.472 e. The molecule has 0 aliphatic carbocycles. The van der Waals surface area contributed by atoms with E-state index < -0.39 is 26.5 Å². The number of rotatable bonds is 33. The van der Waals surface area contributed by atoms with Crippen LogP contribution in [0.4, 0.5) is 0 Å². The van der Waals surface area contributed by atoms with Crippen molar-refractivity contribution in [3.05, 3.63) is 12.2 Å². The van der Waals surface area contributed by atoms with Crippen LogP contribution in [0.3, 0.4) is 0 Å². The minimum Gasteiger partial charge on any atom is -0.462 e. The number of phosphoric ester groups is 1. The molecule has 0 bridgehead atoms. The summed E-state index contributed by atoms with van der Waals surface area (Å²) in [4.78, 5) is 35.0. The highest BCUT2D eigenvalue weighted by atomic mass is 31.2. The number of ether oxygens (including phenoxy) is 2. The number of quaternary nitrogens is 1. The van der Waals surface area contributed by atoms with Gasteiger partial charge in [0.2, 0.25) is 0 Å². The zero-order valence-electron chi connectivity index (χ0n) is 30.3. The molecular weight excluding hydrogens is 605 g/mol. The van der Waals surface area contributed by atoms with Crippen molar-refractivity contribution in [1.29, 1.82) is 0 Å². The van der Waals surface area contributed by atoms with E-state index in [1.54, 1.807) is 0 Å². The molecule has 0 saturated heterocycles. The molecule has 0 spiro atoms. The van der Waals surface area contributed by atoms with Crippen LogP contribution in [0.2, 0.25) is 0 Å². The fourth-order valence-electron chi connectivity index (χ4n) is 4.83. The molecule has 46 heavy (non-hydrogen) atoms. The zero-order valence-corrected chi connectivity index (χ0v) is 31.2. The molecule has 0 aliphatic heterocycles. The average Bonchev–Trinajstić information content (AvgIpc) is 2.99. The van der Waals surface area contributed by atoms with Crippen molar-refractivity contribution in [3.8, 4) is 0 Å². The number of unbranched alkanes of at least 4 members (excludes halogenated alkanes) is 17. The molecule has 0 aromatic rings. The summed E-state index contributed by atoms with van der Waals surface area (Å²) in [5, 5.41) is 0. The van der Waals surface area contributed by atoms with Gasteiger partial charge in [-0.3, -0.25) is 18.6 Å². The van der Waals surface area contributed by atoms with Crippen LogP contribution in [0.5, 0.6) is 0 Å². The van der Waals surface area contributed by atoms with E-state index in [1.807, 2.05) is 21.1 Å². The molecule has 0 rings (SSSR count). The van der Waals surface area contributed by atoms with Crippen molar-refractivity contribution in [1.82, 2.24) is 0 Å². The summed E-state index contributed by atoms with van der Waals surface area (Å²) in [5.74, 6) is -0.810. The lowest BCUT2D eigenvalue weighted by Gasteiger charge is -2.24. The van der Waals surface area contributed by atoms with Gasteiger partial charge in [0.25, 0.3) is 0 Å². The number of hydrogen-bond donors (Lipinski definition) is 1. The molecule has 0 aromatic heterocycles. The number of hydrogen-bond acceptors (Lipinski definition) is 7. The molecule has 2 atom stereocenters. The first-order chi connectivity index (χ1) is 22.0. The quantitative estimate of drug-likeness (QED) is 0.0241. The van der Waals surface area contributed by atoms with Gasteiger partial charge < -0.3 is 18.9 Å². The van der Waals surface area contributed by atoms with Crippen LogP contribution < -0.4 is 0 Å². The van der Waals surface area contributed by atoms with E-state index in [0.717, 1.165) is 51.4 Å². The Morgan fingerprint density at radius 3 is 1.63 bits per heavy atom. The topological polar surface area (TPSA) is 108 Å². The summed E-state index contributed by atoms with van der Waals surface area (Å²) in [5.41, 5.74) is 0. The Labute approximate surface area is 282 Å². The highest BCUT2D eigenvalue weighted by Gasteiger charge is 2.27. The lowest BCUT2D eigenvalue weighted by Crippen LogP contribution is -2.37. The first kappa shape index (κ1) is 44.8. The monoisotopic (exact) mass is 676 g/mol. The van der Waals surface area contributed by atoms with Crippen molar-refractivity contribution in [2.75, 3.05) is 47.5 Å². The molecule has 0 amide bonds. The molecule has 1 N–H and O–H groups in total. The van der Waals surface area contributed by atoms with E-state index in [2.05, 4.69) is 26.0 Å². The lowest BCUT2D eigenvalue weighted by atomic mass is 10.1. The number of nitrogens with zero attached hydrogens (tertiary/aromatic N) is 1. The molecular formula is C36H71NO8P+. The highest BCUT2D eigenvalue weighted by Crippen LogP contribution is 2.43. The predicted molar refractivity (Wildman–Crippen MR) is 188 cm³/mol. The third-order valence-electron chi connectivity index (χ3n) is 7.80. The molecule has 9 nitrogen and oxygen atoms in total. The first-order valence-electron chi connectivity index (χ1n) is 18.4. The van der Waals surface area contributed by atoms with E-state index in [-0.39, 0.29) is 32.0 Å². The first-order valence-corrected chi connectivity index (χ1v) is 19.9. The number of carbonyl (C=O) groups excluding carboxylic acids is 2. The normalized spacial score (nSPS) is 14.0. The van der Waals surface area contributed by atoms with Gasteiger partial charge in [-0.05, 0) is 38.5 Å². The van der Waals surface area contributed by atoms with E-state index in [1.165, 1.54) is 70.6 Å². The maximum absolute atomic E-state index is 12.5. The second-order valence-corrected chi connectivity index (χ2v) is 15.1. The van der Waals surface area contributed by atoms with E-state index in [0.29, 0.717) is 17.4 Å². The number of phosphoric acid groups is 1. The van der Waals surface area contributed by atoms with Crippen molar-refractivity contribution < 1.29 is 42.1 Å². The summed E-state index contributed by atoms with van der Waals surface area (Å²) in [6.07, 6.45) is 26.9. The number of carbonyl (C=O) groups is 2. The molecule has 272 valence electrons. The minimum absolute atomic E-state index is 0.0329.